The summed E-state index contributed by atoms with van der Waals surface area (Å²) in [4.78, 5) is 19.4. The molecule has 5 atom stereocenters. The quantitative estimate of drug-likeness (QED) is 0.440. The van der Waals surface area contributed by atoms with Gasteiger partial charge in [-0.2, -0.15) is 9.97 Å². The highest BCUT2D eigenvalue weighted by molar-refractivity contribution is 7.16. The molecule has 0 bridgehead atoms. The number of hydrogen-bond donors (Lipinski definition) is 5. The number of hydrogen-bond acceptors (Lipinski definition) is 10. The Morgan fingerprint density at radius 2 is 2.17 bits per heavy atom. The van der Waals surface area contributed by atoms with E-state index in [0.717, 1.165) is 15.9 Å². The summed E-state index contributed by atoms with van der Waals surface area (Å²) in [6.07, 6.45) is -4.34. The number of anilines is 1. The van der Waals surface area contributed by atoms with Gasteiger partial charge in [-0.15, -0.1) is 0 Å². The lowest BCUT2D eigenvalue weighted by Crippen LogP contribution is -2.38. The van der Waals surface area contributed by atoms with Gasteiger partial charge in [0, 0.05) is 5.92 Å². The standard InChI is InChI=1S/C12H16N4O6S/c1-3-5(19)6(4(18)2-17)22-10(3)16-8-7(23-12(16)21)9(20)15-11(13)14-8/h3-6,10,17-19H,2H2,1H3,(H3,13,14,15,20)/t3-,4?,5-,6-,10-/m1/s1. The van der Waals surface area contributed by atoms with Crippen molar-refractivity contribution in [3.05, 3.63) is 9.67 Å². The monoisotopic (exact) mass is 344 g/mol. The van der Waals surface area contributed by atoms with Crippen LogP contribution in [-0.2, 0) is 4.74 Å². The van der Waals surface area contributed by atoms with Crippen molar-refractivity contribution in [2.45, 2.75) is 31.5 Å². The van der Waals surface area contributed by atoms with Gasteiger partial charge in [-0.3, -0.25) is 9.36 Å². The first-order valence-corrected chi connectivity index (χ1v) is 7.66. The predicted octanol–water partition coefficient (Wildman–Crippen LogP) is -1.61. The number of aliphatic hydroxyl groups excluding tert-OH is 3. The zero-order valence-corrected chi connectivity index (χ0v) is 12.8. The Morgan fingerprint density at radius 1 is 1.48 bits per heavy atom. The van der Waals surface area contributed by atoms with Crippen molar-refractivity contribution in [3.63, 3.8) is 0 Å². The van der Waals surface area contributed by atoms with E-state index >= 15 is 0 Å². The number of rotatable bonds is 3. The van der Waals surface area contributed by atoms with Crippen LogP contribution in [0.2, 0.25) is 0 Å². The summed E-state index contributed by atoms with van der Waals surface area (Å²) < 4.78 is 6.89. The third-order valence-corrected chi connectivity index (χ3v) is 4.84. The second kappa shape index (κ2) is 5.69. The third kappa shape index (κ3) is 2.46. The zero-order valence-electron chi connectivity index (χ0n) is 12.0. The van der Waals surface area contributed by atoms with E-state index in [4.69, 9.17) is 15.6 Å². The number of aromatic hydroxyl groups is 1. The van der Waals surface area contributed by atoms with Crippen LogP contribution >= 0.6 is 11.3 Å². The summed E-state index contributed by atoms with van der Waals surface area (Å²) in [6, 6.07) is 0. The Hall–Kier alpha value is -1.79. The maximum Gasteiger partial charge on any atom is 0.311 e. The van der Waals surface area contributed by atoms with E-state index in [1.807, 2.05) is 0 Å². The van der Waals surface area contributed by atoms with Crippen molar-refractivity contribution >= 4 is 27.6 Å². The summed E-state index contributed by atoms with van der Waals surface area (Å²) in [5.74, 6) is -1.18. The molecule has 3 heterocycles. The molecule has 1 fully saturated rings. The van der Waals surface area contributed by atoms with E-state index in [0.29, 0.717) is 0 Å². The SMILES string of the molecule is C[C@@H]1[C@@H](O)[C@@H](C(O)CO)O[C@H]1n1c(=O)sc2c(O)nc(N)nc21. The largest absolute Gasteiger partial charge is 0.492 e. The molecule has 0 saturated carbocycles. The van der Waals surface area contributed by atoms with E-state index in [-0.39, 0.29) is 16.3 Å². The minimum atomic E-state index is -1.29. The van der Waals surface area contributed by atoms with Crippen LogP contribution in [-0.4, -0.2) is 59.9 Å². The third-order valence-electron chi connectivity index (χ3n) is 3.90. The van der Waals surface area contributed by atoms with Crippen LogP contribution < -0.4 is 10.6 Å². The van der Waals surface area contributed by atoms with Crippen molar-refractivity contribution < 1.29 is 25.2 Å². The maximum absolute atomic E-state index is 12.3. The molecule has 1 unspecified atom stereocenters. The molecule has 1 aliphatic heterocycles. The van der Waals surface area contributed by atoms with Crippen molar-refractivity contribution in [1.82, 2.24) is 14.5 Å². The molecule has 10 nitrogen and oxygen atoms in total. The molecule has 0 amide bonds. The molecule has 126 valence electrons. The van der Waals surface area contributed by atoms with Crippen LogP contribution in [0.1, 0.15) is 13.2 Å². The van der Waals surface area contributed by atoms with Gasteiger partial charge in [0.15, 0.2) is 5.65 Å². The van der Waals surface area contributed by atoms with Crippen molar-refractivity contribution in [2.24, 2.45) is 5.92 Å². The highest BCUT2D eigenvalue weighted by Gasteiger charge is 2.46. The number of thiazole rings is 1. The number of nitrogen functional groups attached to an aromatic ring is 1. The Kier molecular flexibility index (Phi) is 3.98. The fourth-order valence-corrected chi connectivity index (χ4v) is 3.53. The lowest BCUT2D eigenvalue weighted by molar-refractivity contribution is -0.0956. The Balaban J connectivity index is 2.10. The van der Waals surface area contributed by atoms with Crippen LogP contribution in [0.3, 0.4) is 0 Å². The van der Waals surface area contributed by atoms with Crippen LogP contribution in [0.5, 0.6) is 5.88 Å². The average Bonchev–Trinajstić information content (AvgIpc) is 2.97. The lowest BCUT2D eigenvalue weighted by Gasteiger charge is -2.19. The highest BCUT2D eigenvalue weighted by Crippen LogP contribution is 2.38. The van der Waals surface area contributed by atoms with Crippen LogP contribution in [0.4, 0.5) is 5.95 Å². The topological polar surface area (TPSA) is 164 Å². The Labute approximate surface area is 133 Å². The molecule has 3 rings (SSSR count). The summed E-state index contributed by atoms with van der Waals surface area (Å²) in [7, 11) is 0. The van der Waals surface area contributed by atoms with E-state index < -0.39 is 47.8 Å². The Bertz CT molecular complexity index is 792. The molecule has 2 aromatic rings. The molecule has 11 heteroatoms. The summed E-state index contributed by atoms with van der Waals surface area (Å²) >= 11 is 0.723. The molecule has 0 radical (unpaired) electrons. The van der Waals surface area contributed by atoms with Crippen LogP contribution in [0.15, 0.2) is 4.79 Å². The first-order valence-electron chi connectivity index (χ1n) is 6.85. The Morgan fingerprint density at radius 3 is 2.83 bits per heavy atom. The summed E-state index contributed by atoms with van der Waals surface area (Å²) in [6.45, 7) is 1.05. The molecule has 6 N–H and O–H groups in total. The van der Waals surface area contributed by atoms with Gasteiger partial charge in [-0.25, -0.2) is 0 Å². The van der Waals surface area contributed by atoms with Crippen LogP contribution in [0.25, 0.3) is 10.3 Å². The van der Waals surface area contributed by atoms with Crippen molar-refractivity contribution in [3.8, 4) is 5.88 Å². The second-order valence-electron chi connectivity index (χ2n) is 5.39. The van der Waals surface area contributed by atoms with Gasteiger partial charge in [-0.05, 0) is 0 Å². The molecule has 1 aliphatic rings. The number of aliphatic hydroxyl groups is 3. The summed E-state index contributed by atoms with van der Waals surface area (Å²) in [5.41, 5.74) is 5.60. The minimum absolute atomic E-state index is 0.0909. The smallest absolute Gasteiger partial charge is 0.311 e. The normalized spacial score (nSPS) is 29.2. The van der Waals surface area contributed by atoms with E-state index in [1.165, 1.54) is 0 Å². The lowest BCUT2D eigenvalue weighted by atomic mass is 9.99. The molecule has 2 aromatic heterocycles. The summed E-state index contributed by atoms with van der Waals surface area (Å²) in [5, 5.41) is 38.7. The number of nitrogens with two attached hydrogens (primary N) is 1. The number of aromatic nitrogens is 3. The average molecular weight is 344 g/mol. The van der Waals surface area contributed by atoms with E-state index in [1.54, 1.807) is 6.92 Å². The molecule has 1 saturated heterocycles. The molecule has 0 spiro atoms. The van der Waals surface area contributed by atoms with Gasteiger partial charge in [-0.1, -0.05) is 18.3 Å². The van der Waals surface area contributed by atoms with Gasteiger partial charge in [0.1, 0.15) is 23.1 Å². The molecular weight excluding hydrogens is 328 g/mol. The predicted molar refractivity (Wildman–Crippen MR) is 79.9 cm³/mol. The fourth-order valence-electron chi connectivity index (χ4n) is 2.70. The second-order valence-corrected chi connectivity index (χ2v) is 6.35. The molecule has 0 aliphatic carbocycles. The molecule has 0 aromatic carbocycles. The van der Waals surface area contributed by atoms with E-state index in [9.17, 15) is 20.1 Å². The van der Waals surface area contributed by atoms with Gasteiger partial charge in [0.25, 0.3) is 0 Å². The number of fused-ring (bicyclic) bond motifs is 1. The number of ether oxygens (including phenoxy) is 1. The van der Waals surface area contributed by atoms with Gasteiger partial charge in [0.05, 0.1) is 12.7 Å². The first kappa shape index (κ1) is 16.1. The zero-order chi connectivity index (χ0) is 16.9. The molecular formula is C12H16N4O6S. The van der Waals surface area contributed by atoms with Gasteiger partial charge < -0.3 is 30.9 Å². The van der Waals surface area contributed by atoms with Crippen molar-refractivity contribution in [1.29, 1.82) is 0 Å². The fraction of sp³-hybridized carbons (Fsp3) is 0.583. The molecule has 23 heavy (non-hydrogen) atoms. The van der Waals surface area contributed by atoms with Crippen molar-refractivity contribution in [2.75, 3.05) is 12.3 Å². The van der Waals surface area contributed by atoms with E-state index in [2.05, 4.69) is 9.97 Å². The number of nitrogens with zero attached hydrogens (tertiary/aromatic N) is 3. The first-order chi connectivity index (χ1) is 10.8. The minimum Gasteiger partial charge on any atom is -0.492 e. The van der Waals surface area contributed by atoms with Gasteiger partial charge >= 0.3 is 4.87 Å². The van der Waals surface area contributed by atoms with Gasteiger partial charge in [0.2, 0.25) is 11.8 Å². The van der Waals surface area contributed by atoms with Crippen LogP contribution in [0, 0.1) is 5.92 Å². The maximum atomic E-state index is 12.3. The highest BCUT2D eigenvalue weighted by atomic mass is 32.1.